The Balaban J connectivity index is 2.01. The molecule has 0 saturated carbocycles. The molecule has 1 aliphatic rings. The molecule has 1 fully saturated rings. The van der Waals surface area contributed by atoms with Crippen molar-refractivity contribution < 1.29 is 19.1 Å². The fourth-order valence-corrected chi connectivity index (χ4v) is 3.96. The van der Waals surface area contributed by atoms with Crippen LogP contribution in [0.3, 0.4) is 0 Å². The molecule has 0 bridgehead atoms. The largest absolute Gasteiger partial charge is 0.456 e. The molecule has 2 heterocycles. The van der Waals surface area contributed by atoms with Gasteiger partial charge in [0, 0.05) is 44.4 Å². The van der Waals surface area contributed by atoms with Crippen LogP contribution in [0.5, 0.6) is 0 Å². The molecule has 1 aliphatic heterocycles. The van der Waals surface area contributed by atoms with Gasteiger partial charge in [0.15, 0.2) is 5.76 Å². The molecule has 2 rings (SSSR count). The second-order valence-electron chi connectivity index (χ2n) is 6.47. The predicted molar refractivity (Wildman–Crippen MR) is 98.7 cm³/mol. The van der Waals surface area contributed by atoms with Crippen molar-refractivity contribution in [2.75, 3.05) is 31.9 Å². The molecule has 0 unspecified atom stereocenters. The lowest BCUT2D eigenvalue weighted by Gasteiger charge is -2.20. The first kappa shape index (κ1) is 19.8. The Hall–Kier alpha value is -1.47. The van der Waals surface area contributed by atoms with E-state index >= 15 is 0 Å². The van der Waals surface area contributed by atoms with Crippen molar-refractivity contribution in [1.82, 2.24) is 9.80 Å². The first-order valence-electron chi connectivity index (χ1n) is 8.82. The summed E-state index contributed by atoms with van der Waals surface area (Å²) in [5.74, 6) is 2.71. The van der Waals surface area contributed by atoms with Gasteiger partial charge in [0.2, 0.25) is 5.91 Å². The minimum atomic E-state index is -0.740. The van der Waals surface area contributed by atoms with Crippen LogP contribution in [0.15, 0.2) is 10.5 Å². The smallest absolute Gasteiger partial charge is 0.289 e. The van der Waals surface area contributed by atoms with Gasteiger partial charge in [0.05, 0.1) is 6.10 Å². The number of furan rings is 1. The lowest BCUT2D eigenvalue weighted by atomic mass is 10.2. The average Bonchev–Trinajstić information content (AvgIpc) is 2.81. The summed E-state index contributed by atoms with van der Waals surface area (Å²) in [5, 5.41) is 10.1. The van der Waals surface area contributed by atoms with E-state index in [1.165, 1.54) is 19.8 Å². The number of rotatable bonds is 6. The Bertz CT molecular complexity index is 602. The maximum absolute atomic E-state index is 12.7. The van der Waals surface area contributed by atoms with E-state index in [9.17, 15) is 14.7 Å². The molecule has 7 heteroatoms. The first-order valence-corrected chi connectivity index (χ1v) is 9.97. The van der Waals surface area contributed by atoms with Crippen LogP contribution in [0.2, 0.25) is 0 Å². The van der Waals surface area contributed by atoms with Crippen LogP contribution < -0.4 is 0 Å². The summed E-state index contributed by atoms with van der Waals surface area (Å²) < 4.78 is 5.67. The van der Waals surface area contributed by atoms with E-state index in [1.807, 2.05) is 24.8 Å². The fraction of sp³-hybridized carbons (Fsp3) is 0.667. The zero-order chi connectivity index (χ0) is 18.4. The number of β-amino-alcohol motifs (C(OH)–C–C–N with tert-alkyl or cyclic N) is 1. The topological polar surface area (TPSA) is 74.0 Å². The number of thioether (sulfide) groups is 1. The molecule has 0 radical (unpaired) electrons. The number of aliphatic hydroxyl groups is 1. The normalized spacial score (nSPS) is 18.3. The van der Waals surface area contributed by atoms with Gasteiger partial charge in [-0.1, -0.05) is 13.3 Å². The van der Waals surface area contributed by atoms with Crippen LogP contribution in [0.25, 0.3) is 0 Å². The van der Waals surface area contributed by atoms with Gasteiger partial charge in [-0.3, -0.25) is 9.59 Å². The summed E-state index contributed by atoms with van der Waals surface area (Å²) in [6.45, 7) is 6.82. The minimum Gasteiger partial charge on any atom is -0.456 e. The van der Waals surface area contributed by atoms with Crippen molar-refractivity contribution in [3.05, 3.63) is 23.2 Å². The zero-order valence-electron chi connectivity index (χ0n) is 15.3. The third-order valence-corrected chi connectivity index (χ3v) is 5.46. The molecule has 140 valence electrons. The maximum atomic E-state index is 12.7. The molecule has 1 N–H and O–H groups in total. The second kappa shape index (κ2) is 9.29. The highest BCUT2D eigenvalue weighted by Crippen LogP contribution is 2.22. The van der Waals surface area contributed by atoms with Crippen LogP contribution >= 0.6 is 11.8 Å². The van der Waals surface area contributed by atoms with Gasteiger partial charge < -0.3 is 19.3 Å². The maximum Gasteiger partial charge on any atom is 0.289 e. The molecule has 2 amide bonds. The van der Waals surface area contributed by atoms with E-state index in [2.05, 4.69) is 6.92 Å². The molecule has 1 aromatic rings. The van der Waals surface area contributed by atoms with Gasteiger partial charge in [0.25, 0.3) is 5.91 Å². The predicted octanol–water partition coefficient (Wildman–Crippen LogP) is 2.29. The lowest BCUT2D eigenvalue weighted by Crippen LogP contribution is -2.37. The SMILES string of the molecule is CCCCSCc1cc(C(=O)N2CCN(C(C)=O)C[C@H](O)C2)oc1C. The lowest BCUT2D eigenvalue weighted by molar-refractivity contribution is -0.129. The molecule has 0 spiro atoms. The molecular formula is C18H28N2O4S. The van der Waals surface area contributed by atoms with Crippen LogP contribution in [-0.4, -0.2) is 64.8 Å². The van der Waals surface area contributed by atoms with Gasteiger partial charge >= 0.3 is 0 Å². The van der Waals surface area contributed by atoms with Gasteiger partial charge in [-0.25, -0.2) is 0 Å². The molecule has 1 aromatic heterocycles. The Morgan fingerprint density at radius 3 is 2.68 bits per heavy atom. The first-order chi connectivity index (χ1) is 11.9. The second-order valence-corrected chi connectivity index (χ2v) is 7.57. The van der Waals surface area contributed by atoms with Gasteiger partial charge in [0.1, 0.15) is 5.76 Å². The number of aryl methyl sites for hydroxylation is 1. The van der Waals surface area contributed by atoms with E-state index < -0.39 is 6.10 Å². The van der Waals surface area contributed by atoms with Crippen LogP contribution in [-0.2, 0) is 10.5 Å². The van der Waals surface area contributed by atoms with E-state index in [0.29, 0.717) is 18.8 Å². The third kappa shape index (κ3) is 5.51. The number of unbranched alkanes of at least 4 members (excludes halogenated alkanes) is 1. The Kier molecular flexibility index (Phi) is 7.38. The van der Waals surface area contributed by atoms with Gasteiger partial charge in [-0.05, 0) is 25.2 Å². The van der Waals surface area contributed by atoms with E-state index in [4.69, 9.17) is 4.42 Å². The molecule has 6 nitrogen and oxygen atoms in total. The summed E-state index contributed by atoms with van der Waals surface area (Å²) in [7, 11) is 0. The molecule has 1 atom stereocenters. The third-order valence-electron chi connectivity index (χ3n) is 4.37. The Morgan fingerprint density at radius 1 is 1.32 bits per heavy atom. The number of hydrogen-bond donors (Lipinski definition) is 1. The molecule has 0 aromatic carbocycles. The van der Waals surface area contributed by atoms with Crippen molar-refractivity contribution in [2.24, 2.45) is 0 Å². The highest BCUT2D eigenvalue weighted by Gasteiger charge is 2.28. The average molecular weight is 368 g/mol. The molecule has 1 saturated heterocycles. The molecular weight excluding hydrogens is 340 g/mol. The summed E-state index contributed by atoms with van der Waals surface area (Å²) in [6.07, 6.45) is 1.62. The Morgan fingerprint density at radius 2 is 2.00 bits per heavy atom. The Labute approximate surface area is 153 Å². The van der Waals surface area contributed by atoms with Crippen molar-refractivity contribution in [1.29, 1.82) is 0 Å². The molecule has 25 heavy (non-hydrogen) atoms. The summed E-state index contributed by atoms with van der Waals surface area (Å²) >= 11 is 1.84. The summed E-state index contributed by atoms with van der Waals surface area (Å²) in [4.78, 5) is 27.4. The van der Waals surface area contributed by atoms with Crippen molar-refractivity contribution in [2.45, 2.75) is 45.5 Å². The van der Waals surface area contributed by atoms with Crippen molar-refractivity contribution >= 4 is 23.6 Å². The van der Waals surface area contributed by atoms with Gasteiger partial charge in [-0.15, -0.1) is 0 Å². The number of amides is 2. The number of nitrogens with zero attached hydrogens (tertiary/aromatic N) is 2. The summed E-state index contributed by atoms with van der Waals surface area (Å²) in [5.41, 5.74) is 1.05. The van der Waals surface area contributed by atoms with Crippen LogP contribution in [0.4, 0.5) is 0 Å². The molecule has 0 aliphatic carbocycles. The monoisotopic (exact) mass is 368 g/mol. The van der Waals surface area contributed by atoms with Crippen molar-refractivity contribution in [3.8, 4) is 0 Å². The minimum absolute atomic E-state index is 0.0893. The highest BCUT2D eigenvalue weighted by molar-refractivity contribution is 7.98. The number of aliphatic hydroxyl groups excluding tert-OH is 1. The standard InChI is InChI=1S/C18H28N2O4S/c1-4-5-8-25-12-15-9-17(24-13(15)2)18(23)20-7-6-19(14(3)21)10-16(22)11-20/h9,16,22H,4-8,10-12H2,1-3H3/t16-/m0/s1. The van der Waals surface area contributed by atoms with Crippen molar-refractivity contribution in [3.63, 3.8) is 0 Å². The number of carbonyl (C=O) groups excluding carboxylic acids is 2. The number of carbonyl (C=O) groups is 2. The van der Waals surface area contributed by atoms with E-state index in [-0.39, 0.29) is 24.9 Å². The zero-order valence-corrected chi connectivity index (χ0v) is 16.1. The van der Waals surface area contributed by atoms with Crippen LogP contribution in [0, 0.1) is 6.92 Å². The quantitative estimate of drug-likeness (QED) is 0.780. The van der Waals surface area contributed by atoms with E-state index in [0.717, 1.165) is 22.8 Å². The van der Waals surface area contributed by atoms with Crippen LogP contribution in [0.1, 0.15) is 48.6 Å². The van der Waals surface area contributed by atoms with Gasteiger partial charge in [-0.2, -0.15) is 11.8 Å². The summed E-state index contributed by atoms with van der Waals surface area (Å²) in [6, 6.07) is 1.82. The van der Waals surface area contributed by atoms with E-state index in [1.54, 1.807) is 9.80 Å². The highest BCUT2D eigenvalue weighted by atomic mass is 32.2. The number of hydrogen-bond acceptors (Lipinski definition) is 5. The fourth-order valence-electron chi connectivity index (χ4n) is 2.81.